The molecule has 2 aromatic carbocycles. The van der Waals surface area contributed by atoms with Crippen LogP contribution in [0.15, 0.2) is 48.5 Å². The first-order valence-corrected chi connectivity index (χ1v) is 11.0. The van der Waals surface area contributed by atoms with Gasteiger partial charge in [0, 0.05) is 23.0 Å². The van der Waals surface area contributed by atoms with Gasteiger partial charge < -0.3 is 20.0 Å². The quantitative estimate of drug-likeness (QED) is 0.659. The fraction of sp³-hybridized carbons (Fsp3) is 0.391. The van der Waals surface area contributed by atoms with Gasteiger partial charge in [0.15, 0.2) is 6.54 Å². The zero-order valence-electron chi connectivity index (χ0n) is 17.3. The smallest absolute Gasteiger partial charge is 0.282 e. The van der Waals surface area contributed by atoms with E-state index in [4.69, 9.17) is 11.6 Å². The first-order valence-electron chi connectivity index (χ1n) is 10.6. The molecule has 1 atom stereocenters. The number of fused-ring (bicyclic) bond motifs is 1. The molecule has 0 saturated carbocycles. The molecule has 0 radical (unpaired) electrons. The first kappa shape index (κ1) is 20.8. The van der Waals surface area contributed by atoms with Crippen LogP contribution in [0, 0.1) is 0 Å². The third-order valence-electron chi connectivity index (χ3n) is 6.06. The van der Waals surface area contributed by atoms with E-state index in [9.17, 15) is 9.59 Å². The molecule has 0 unspecified atom stereocenters. The largest absolute Gasteiger partial charge is 0.324 e. The van der Waals surface area contributed by atoms with Gasteiger partial charge in [-0.2, -0.15) is 0 Å². The highest BCUT2D eigenvalue weighted by Gasteiger charge is 2.33. The van der Waals surface area contributed by atoms with E-state index in [2.05, 4.69) is 17.4 Å². The highest BCUT2D eigenvalue weighted by atomic mass is 35.5. The standard InChI is InChI=1S/C23H27ClN4O2/c1-17-14-22(29)25-20-4-2-3-5-21(20)28(17)23(30)16-27-12-10-26(11-13-27)15-18-6-8-19(24)9-7-18/h2-9,17H,10-16H2,1H3,(H,25,29)/p+2/t17-/m0/s1. The minimum absolute atomic E-state index is 0.0444. The van der Waals surface area contributed by atoms with Crippen molar-refractivity contribution in [1.82, 2.24) is 0 Å². The molecular weight excluding hydrogens is 400 g/mol. The molecule has 7 heteroatoms. The van der Waals surface area contributed by atoms with Crippen LogP contribution in [0.4, 0.5) is 11.4 Å². The third-order valence-corrected chi connectivity index (χ3v) is 6.31. The Morgan fingerprint density at radius 3 is 2.47 bits per heavy atom. The van der Waals surface area contributed by atoms with Crippen LogP contribution in [-0.2, 0) is 16.1 Å². The SMILES string of the molecule is C[C@H]1CC(=O)Nc2ccccc2N1C(=O)C[NH+]1CC[NH+](Cc2ccc(Cl)cc2)CC1. The molecule has 3 N–H and O–H groups in total. The average Bonchev–Trinajstić information content (AvgIpc) is 2.85. The van der Waals surface area contributed by atoms with Gasteiger partial charge >= 0.3 is 0 Å². The molecule has 0 bridgehead atoms. The lowest BCUT2D eigenvalue weighted by Gasteiger charge is -2.32. The van der Waals surface area contributed by atoms with E-state index in [0.29, 0.717) is 18.7 Å². The summed E-state index contributed by atoms with van der Waals surface area (Å²) in [6.45, 7) is 7.41. The van der Waals surface area contributed by atoms with Crippen LogP contribution < -0.4 is 20.0 Å². The summed E-state index contributed by atoms with van der Waals surface area (Å²) in [6.07, 6.45) is 0.314. The predicted octanol–water partition coefficient (Wildman–Crippen LogP) is 0.387. The lowest BCUT2D eigenvalue weighted by Crippen LogP contribution is -3.28. The number of carbonyl (C=O) groups excluding carboxylic acids is 2. The molecule has 2 aromatic rings. The Morgan fingerprint density at radius 1 is 1.07 bits per heavy atom. The summed E-state index contributed by atoms with van der Waals surface area (Å²) in [5, 5.41) is 3.69. The number of hydrogen-bond acceptors (Lipinski definition) is 2. The summed E-state index contributed by atoms with van der Waals surface area (Å²) < 4.78 is 0. The van der Waals surface area contributed by atoms with Crippen molar-refractivity contribution in [2.45, 2.75) is 25.9 Å². The van der Waals surface area contributed by atoms with E-state index in [0.717, 1.165) is 43.4 Å². The summed E-state index contributed by atoms with van der Waals surface area (Å²) in [6, 6.07) is 15.5. The number of amides is 2. The van der Waals surface area contributed by atoms with Crippen molar-refractivity contribution in [1.29, 1.82) is 0 Å². The molecule has 158 valence electrons. The van der Waals surface area contributed by atoms with Crippen LogP contribution >= 0.6 is 11.6 Å². The highest BCUT2D eigenvalue weighted by Crippen LogP contribution is 2.31. The monoisotopic (exact) mass is 428 g/mol. The topological polar surface area (TPSA) is 58.3 Å². The molecule has 0 spiro atoms. The number of anilines is 2. The maximum Gasteiger partial charge on any atom is 0.282 e. The number of benzene rings is 2. The Hall–Kier alpha value is -2.41. The number of nitrogens with one attached hydrogen (secondary N) is 3. The van der Waals surface area contributed by atoms with Gasteiger partial charge in [-0.3, -0.25) is 9.59 Å². The van der Waals surface area contributed by atoms with E-state index in [1.165, 1.54) is 15.4 Å². The molecule has 0 aliphatic carbocycles. The molecule has 2 aliphatic heterocycles. The molecule has 30 heavy (non-hydrogen) atoms. The molecule has 1 saturated heterocycles. The van der Waals surface area contributed by atoms with Crippen molar-refractivity contribution >= 4 is 34.8 Å². The maximum atomic E-state index is 13.3. The van der Waals surface area contributed by atoms with E-state index >= 15 is 0 Å². The van der Waals surface area contributed by atoms with Crippen LogP contribution in [0.25, 0.3) is 0 Å². The number of halogens is 1. The predicted molar refractivity (Wildman–Crippen MR) is 118 cm³/mol. The Bertz CT molecular complexity index is 910. The van der Waals surface area contributed by atoms with Gasteiger partial charge in [-0.25, -0.2) is 0 Å². The van der Waals surface area contributed by atoms with Crippen molar-refractivity contribution in [3.63, 3.8) is 0 Å². The van der Waals surface area contributed by atoms with Gasteiger partial charge in [0.05, 0.1) is 11.4 Å². The number of hydrogen-bond donors (Lipinski definition) is 3. The summed E-state index contributed by atoms with van der Waals surface area (Å²) in [7, 11) is 0. The lowest BCUT2D eigenvalue weighted by atomic mass is 10.1. The van der Waals surface area contributed by atoms with Crippen LogP contribution in [0.5, 0.6) is 0 Å². The zero-order valence-corrected chi connectivity index (χ0v) is 18.0. The van der Waals surface area contributed by atoms with Gasteiger partial charge in [-0.15, -0.1) is 0 Å². The van der Waals surface area contributed by atoms with Gasteiger partial charge in [0.1, 0.15) is 32.7 Å². The summed E-state index contributed by atoms with van der Waals surface area (Å²) in [5.74, 6) is 0.0413. The van der Waals surface area contributed by atoms with Gasteiger partial charge in [-0.05, 0) is 31.2 Å². The van der Waals surface area contributed by atoms with Crippen LogP contribution in [0.1, 0.15) is 18.9 Å². The molecular formula is C23H29ClN4O2+2. The van der Waals surface area contributed by atoms with Crippen LogP contribution in [0.3, 0.4) is 0 Å². The van der Waals surface area contributed by atoms with Crippen molar-refractivity contribution in [2.75, 3.05) is 42.9 Å². The minimum atomic E-state index is -0.155. The van der Waals surface area contributed by atoms with E-state index in [-0.39, 0.29) is 17.9 Å². The summed E-state index contributed by atoms with van der Waals surface area (Å²) in [5.41, 5.74) is 2.81. The lowest BCUT2D eigenvalue weighted by molar-refractivity contribution is -1.02. The van der Waals surface area contributed by atoms with Crippen molar-refractivity contribution in [3.8, 4) is 0 Å². The maximum absolute atomic E-state index is 13.3. The Kier molecular flexibility index (Phi) is 6.37. The highest BCUT2D eigenvalue weighted by molar-refractivity contribution is 6.30. The van der Waals surface area contributed by atoms with Crippen molar-refractivity contribution < 1.29 is 19.4 Å². The number of rotatable bonds is 4. The second-order valence-corrected chi connectivity index (χ2v) is 8.80. The molecule has 6 nitrogen and oxygen atoms in total. The number of quaternary nitrogens is 2. The normalized spacial score (nSPS) is 24.0. The van der Waals surface area contributed by atoms with Gasteiger partial charge in [0.25, 0.3) is 5.91 Å². The molecule has 2 heterocycles. The number of nitrogens with zero attached hydrogens (tertiary/aromatic N) is 1. The van der Waals surface area contributed by atoms with Crippen molar-refractivity contribution in [3.05, 3.63) is 59.1 Å². The van der Waals surface area contributed by atoms with Crippen LogP contribution in [-0.4, -0.2) is 50.6 Å². The minimum Gasteiger partial charge on any atom is -0.324 e. The molecule has 1 fully saturated rings. The van der Waals surface area contributed by atoms with Crippen molar-refractivity contribution in [2.24, 2.45) is 0 Å². The van der Waals surface area contributed by atoms with Gasteiger partial charge in [-0.1, -0.05) is 35.9 Å². The van der Waals surface area contributed by atoms with E-state index in [1.807, 2.05) is 48.2 Å². The molecule has 2 amide bonds. The third kappa shape index (κ3) is 4.83. The molecule has 0 aromatic heterocycles. The Morgan fingerprint density at radius 2 is 1.73 bits per heavy atom. The summed E-state index contributed by atoms with van der Waals surface area (Å²) >= 11 is 5.98. The second kappa shape index (κ2) is 9.16. The fourth-order valence-corrected chi connectivity index (χ4v) is 4.59. The van der Waals surface area contributed by atoms with E-state index < -0.39 is 0 Å². The average molecular weight is 429 g/mol. The second-order valence-electron chi connectivity index (χ2n) is 8.36. The number of para-hydroxylation sites is 2. The number of carbonyl (C=O) groups is 2. The zero-order chi connectivity index (χ0) is 21.1. The fourth-order valence-electron chi connectivity index (χ4n) is 4.47. The summed E-state index contributed by atoms with van der Waals surface area (Å²) in [4.78, 5) is 30.1. The first-order chi connectivity index (χ1) is 14.5. The van der Waals surface area contributed by atoms with E-state index in [1.54, 1.807) is 0 Å². The molecule has 4 rings (SSSR count). The number of piperazine rings is 1. The van der Waals surface area contributed by atoms with Crippen LogP contribution in [0.2, 0.25) is 5.02 Å². The van der Waals surface area contributed by atoms with Gasteiger partial charge in [0.2, 0.25) is 5.91 Å². The Balaban J connectivity index is 1.36. The Labute approximate surface area is 182 Å². The molecule has 2 aliphatic rings.